The predicted octanol–water partition coefficient (Wildman–Crippen LogP) is 2.91. The number of carbonyl (C=O) groups excluding carboxylic acids is 2. The average Bonchev–Trinajstić information content (AvgIpc) is 3.05. The van der Waals surface area contributed by atoms with Gasteiger partial charge < -0.3 is 20.1 Å². The molecule has 142 valence electrons. The fraction of sp³-hybridized carbons (Fsp3) is 0.182. The molecule has 0 bridgehead atoms. The van der Waals surface area contributed by atoms with Crippen molar-refractivity contribution in [2.24, 2.45) is 0 Å². The number of phenolic OH excluding ortho intramolecular Hbond substituents is 2. The van der Waals surface area contributed by atoms with E-state index in [1.165, 1.54) is 12.1 Å². The van der Waals surface area contributed by atoms with E-state index in [0.29, 0.717) is 30.5 Å². The van der Waals surface area contributed by atoms with E-state index in [1.54, 1.807) is 24.3 Å². The van der Waals surface area contributed by atoms with E-state index in [0.717, 1.165) is 22.6 Å². The van der Waals surface area contributed by atoms with Gasteiger partial charge in [0.15, 0.2) is 17.3 Å². The largest absolute Gasteiger partial charge is 0.504 e. The standard InChI is InChI=1S/C22H20N2O4/c1-13-2-5-16-12-20(26)17-6-4-15(11-18(17)24(13)16)22(28)23-9-8-14-3-7-19(25)21(27)10-14/h2-7,10-11,25,27H,8-9,12H2,1H3,(H,23,28). The summed E-state index contributed by atoms with van der Waals surface area (Å²) in [7, 11) is 0. The Morgan fingerprint density at radius 1 is 1.07 bits per heavy atom. The molecule has 1 aliphatic heterocycles. The van der Waals surface area contributed by atoms with Crippen LogP contribution in [0.3, 0.4) is 0 Å². The van der Waals surface area contributed by atoms with Gasteiger partial charge in [0.1, 0.15) is 0 Å². The van der Waals surface area contributed by atoms with Crippen molar-refractivity contribution in [1.29, 1.82) is 0 Å². The van der Waals surface area contributed by atoms with Gasteiger partial charge in [0.2, 0.25) is 0 Å². The third-order valence-electron chi connectivity index (χ3n) is 5.04. The molecule has 0 saturated heterocycles. The quantitative estimate of drug-likeness (QED) is 0.611. The molecule has 0 fully saturated rings. The van der Waals surface area contributed by atoms with Gasteiger partial charge in [-0.15, -0.1) is 0 Å². The van der Waals surface area contributed by atoms with Crippen molar-refractivity contribution in [2.45, 2.75) is 19.8 Å². The van der Waals surface area contributed by atoms with Gasteiger partial charge >= 0.3 is 0 Å². The molecule has 0 aliphatic carbocycles. The normalized spacial score (nSPS) is 12.4. The smallest absolute Gasteiger partial charge is 0.251 e. The molecule has 0 radical (unpaired) electrons. The van der Waals surface area contributed by atoms with Gasteiger partial charge in [-0.1, -0.05) is 6.07 Å². The Hall–Kier alpha value is -3.54. The van der Waals surface area contributed by atoms with Gasteiger partial charge in [-0.05, 0) is 61.4 Å². The van der Waals surface area contributed by atoms with E-state index in [4.69, 9.17) is 0 Å². The molecule has 0 saturated carbocycles. The molecule has 3 aromatic rings. The number of carbonyl (C=O) groups is 2. The van der Waals surface area contributed by atoms with Crippen LogP contribution in [0.15, 0.2) is 48.5 Å². The van der Waals surface area contributed by atoms with Crippen LogP contribution < -0.4 is 5.32 Å². The zero-order valence-corrected chi connectivity index (χ0v) is 15.4. The van der Waals surface area contributed by atoms with Crippen molar-refractivity contribution in [2.75, 3.05) is 6.54 Å². The SMILES string of the molecule is Cc1ccc2n1-c1cc(C(=O)NCCc3ccc(O)c(O)c3)ccc1C(=O)C2. The van der Waals surface area contributed by atoms with Crippen LogP contribution in [-0.4, -0.2) is 33.0 Å². The predicted molar refractivity (Wildman–Crippen MR) is 104 cm³/mol. The van der Waals surface area contributed by atoms with E-state index >= 15 is 0 Å². The summed E-state index contributed by atoms with van der Waals surface area (Å²) < 4.78 is 2.02. The Kier molecular flexibility index (Phi) is 4.39. The summed E-state index contributed by atoms with van der Waals surface area (Å²) in [5.74, 6) is -0.521. The second-order valence-electron chi connectivity index (χ2n) is 6.96. The molecule has 3 N–H and O–H groups in total. The maximum atomic E-state index is 12.6. The fourth-order valence-electron chi connectivity index (χ4n) is 3.58. The number of fused-ring (bicyclic) bond motifs is 3. The van der Waals surface area contributed by atoms with Crippen molar-refractivity contribution in [1.82, 2.24) is 9.88 Å². The van der Waals surface area contributed by atoms with Gasteiger partial charge in [-0.2, -0.15) is 0 Å². The number of benzene rings is 2. The third-order valence-corrected chi connectivity index (χ3v) is 5.04. The first-order valence-corrected chi connectivity index (χ1v) is 9.08. The topological polar surface area (TPSA) is 91.6 Å². The number of hydrogen-bond acceptors (Lipinski definition) is 4. The maximum Gasteiger partial charge on any atom is 0.251 e. The van der Waals surface area contributed by atoms with Crippen LogP contribution >= 0.6 is 0 Å². The Morgan fingerprint density at radius 2 is 1.89 bits per heavy atom. The molecular formula is C22H20N2O4. The highest BCUT2D eigenvalue weighted by Gasteiger charge is 2.24. The zero-order valence-electron chi connectivity index (χ0n) is 15.4. The molecular weight excluding hydrogens is 356 g/mol. The van der Waals surface area contributed by atoms with E-state index < -0.39 is 0 Å². The molecule has 1 amide bonds. The van der Waals surface area contributed by atoms with E-state index in [9.17, 15) is 19.8 Å². The summed E-state index contributed by atoms with van der Waals surface area (Å²) in [6.45, 7) is 2.36. The maximum absolute atomic E-state index is 12.6. The molecule has 2 heterocycles. The van der Waals surface area contributed by atoms with Gasteiger partial charge in [0, 0.05) is 29.1 Å². The van der Waals surface area contributed by atoms with Crippen LogP contribution in [-0.2, 0) is 12.8 Å². The molecule has 6 heteroatoms. The first-order valence-electron chi connectivity index (χ1n) is 9.08. The number of aromatic hydroxyl groups is 2. The third kappa shape index (κ3) is 3.13. The Balaban J connectivity index is 1.51. The Bertz CT molecular complexity index is 1100. The highest BCUT2D eigenvalue weighted by atomic mass is 16.3. The first kappa shape index (κ1) is 17.9. The summed E-state index contributed by atoms with van der Waals surface area (Å²) >= 11 is 0. The van der Waals surface area contributed by atoms with Crippen molar-refractivity contribution >= 4 is 11.7 Å². The zero-order chi connectivity index (χ0) is 19.8. The number of ketones is 1. The summed E-state index contributed by atoms with van der Waals surface area (Å²) in [6, 6.07) is 13.6. The van der Waals surface area contributed by atoms with E-state index in [2.05, 4.69) is 5.32 Å². The minimum Gasteiger partial charge on any atom is -0.504 e. The van der Waals surface area contributed by atoms with Crippen LogP contribution in [0.2, 0.25) is 0 Å². The molecule has 1 aromatic heterocycles. The molecule has 4 rings (SSSR count). The lowest BCUT2D eigenvalue weighted by Crippen LogP contribution is -2.26. The number of aromatic nitrogens is 1. The molecule has 0 atom stereocenters. The number of hydrogen-bond donors (Lipinski definition) is 3. The summed E-state index contributed by atoms with van der Waals surface area (Å²) in [5, 5.41) is 21.7. The van der Waals surface area contributed by atoms with Crippen LogP contribution in [0.25, 0.3) is 5.69 Å². The number of aryl methyl sites for hydroxylation is 1. The van der Waals surface area contributed by atoms with Crippen molar-refractivity contribution in [3.8, 4) is 17.2 Å². The van der Waals surface area contributed by atoms with E-state index in [-0.39, 0.29) is 23.2 Å². The lowest BCUT2D eigenvalue weighted by atomic mass is 9.98. The molecule has 1 aliphatic rings. The van der Waals surface area contributed by atoms with Crippen LogP contribution in [0.1, 0.15) is 37.7 Å². The minimum atomic E-state index is -0.227. The van der Waals surface area contributed by atoms with Crippen molar-refractivity contribution in [3.63, 3.8) is 0 Å². The summed E-state index contributed by atoms with van der Waals surface area (Å²) in [5.41, 5.74) is 4.61. The minimum absolute atomic E-state index is 0.0553. The monoisotopic (exact) mass is 376 g/mol. The van der Waals surface area contributed by atoms with Gasteiger partial charge in [-0.3, -0.25) is 9.59 Å². The second-order valence-corrected chi connectivity index (χ2v) is 6.96. The Morgan fingerprint density at radius 3 is 2.68 bits per heavy atom. The van der Waals surface area contributed by atoms with Gasteiger partial charge in [-0.25, -0.2) is 0 Å². The fourth-order valence-corrected chi connectivity index (χ4v) is 3.58. The number of nitrogens with one attached hydrogen (secondary N) is 1. The van der Waals surface area contributed by atoms with Crippen molar-refractivity contribution in [3.05, 3.63) is 76.6 Å². The van der Waals surface area contributed by atoms with Crippen LogP contribution in [0.5, 0.6) is 11.5 Å². The van der Waals surface area contributed by atoms with Gasteiger partial charge in [0.05, 0.1) is 12.1 Å². The second kappa shape index (κ2) is 6.88. The molecule has 6 nitrogen and oxygen atoms in total. The van der Waals surface area contributed by atoms with Gasteiger partial charge in [0.25, 0.3) is 5.91 Å². The Labute approximate surface area is 162 Å². The van der Waals surface area contributed by atoms with Crippen molar-refractivity contribution < 1.29 is 19.8 Å². The van der Waals surface area contributed by atoms with E-state index in [1.807, 2.05) is 23.6 Å². The van der Waals surface area contributed by atoms with Crippen LogP contribution in [0.4, 0.5) is 0 Å². The number of nitrogens with zero attached hydrogens (tertiary/aromatic N) is 1. The summed E-state index contributed by atoms with van der Waals surface area (Å²) in [4.78, 5) is 24.9. The summed E-state index contributed by atoms with van der Waals surface area (Å²) in [6.07, 6.45) is 0.885. The lowest BCUT2D eigenvalue weighted by Gasteiger charge is -2.21. The number of Topliss-reactive ketones (excluding diaryl/α,β-unsaturated/α-hetero) is 1. The molecule has 0 spiro atoms. The first-order chi connectivity index (χ1) is 13.4. The lowest BCUT2D eigenvalue weighted by molar-refractivity contribution is 0.0950. The molecule has 0 unspecified atom stereocenters. The number of rotatable bonds is 4. The van der Waals surface area contributed by atoms with Crippen LogP contribution in [0, 0.1) is 6.92 Å². The number of phenols is 2. The number of amides is 1. The molecule has 2 aromatic carbocycles. The highest BCUT2D eigenvalue weighted by Crippen LogP contribution is 2.28. The average molecular weight is 376 g/mol. The molecule has 28 heavy (non-hydrogen) atoms. The highest BCUT2D eigenvalue weighted by molar-refractivity contribution is 6.04.